The fourth-order valence-corrected chi connectivity index (χ4v) is 3.16. The summed E-state index contributed by atoms with van der Waals surface area (Å²) in [6, 6.07) is 1.85. The number of rotatable bonds is 4. The van der Waals surface area contributed by atoms with Crippen LogP contribution in [0.3, 0.4) is 0 Å². The first-order valence-electron chi connectivity index (χ1n) is 8.56. The monoisotopic (exact) mass is 371 g/mol. The average Bonchev–Trinajstić information content (AvgIpc) is 3.04. The topological polar surface area (TPSA) is 113 Å². The molecule has 10 nitrogen and oxygen atoms in total. The minimum absolute atomic E-state index is 0.282. The van der Waals surface area contributed by atoms with Gasteiger partial charge in [0.2, 0.25) is 11.9 Å². The van der Waals surface area contributed by atoms with Gasteiger partial charge in [-0.3, -0.25) is 0 Å². The molecule has 27 heavy (non-hydrogen) atoms. The van der Waals surface area contributed by atoms with Gasteiger partial charge in [-0.1, -0.05) is 0 Å². The second-order valence-corrected chi connectivity index (χ2v) is 6.11. The molecular weight excluding hydrogens is 350 g/mol. The Morgan fingerprint density at radius 3 is 2.63 bits per heavy atom. The molecule has 0 saturated carbocycles. The van der Waals surface area contributed by atoms with Crippen molar-refractivity contribution in [2.45, 2.75) is 6.92 Å². The SMILES string of the molecule is COc1cc(-c2c(C)nn3c(N)nc(N4CCOCC4)nc23)cnc1OC. The normalized spacial score (nSPS) is 14.6. The number of methoxy groups -OCH3 is 2. The molecule has 10 heteroatoms. The first kappa shape index (κ1) is 17.3. The quantitative estimate of drug-likeness (QED) is 0.715. The number of aryl methyl sites for hydroxylation is 1. The summed E-state index contributed by atoms with van der Waals surface area (Å²) < 4.78 is 17.5. The second-order valence-electron chi connectivity index (χ2n) is 6.11. The number of anilines is 2. The highest BCUT2D eigenvalue weighted by atomic mass is 16.5. The van der Waals surface area contributed by atoms with Gasteiger partial charge in [-0.05, 0) is 13.0 Å². The molecule has 0 aliphatic carbocycles. The number of hydrogen-bond acceptors (Lipinski definition) is 9. The van der Waals surface area contributed by atoms with Crippen molar-refractivity contribution in [1.29, 1.82) is 0 Å². The highest BCUT2D eigenvalue weighted by Crippen LogP contribution is 2.34. The maximum atomic E-state index is 6.16. The Labute approximate surface area is 155 Å². The fourth-order valence-electron chi connectivity index (χ4n) is 3.16. The molecule has 1 aliphatic rings. The Bertz CT molecular complexity index is 982. The first-order valence-corrected chi connectivity index (χ1v) is 8.56. The number of nitrogen functional groups attached to an aromatic ring is 1. The van der Waals surface area contributed by atoms with Crippen molar-refractivity contribution in [1.82, 2.24) is 24.6 Å². The number of fused-ring (bicyclic) bond motifs is 1. The maximum Gasteiger partial charge on any atom is 0.256 e. The highest BCUT2D eigenvalue weighted by Gasteiger charge is 2.21. The van der Waals surface area contributed by atoms with E-state index in [0.717, 1.165) is 29.9 Å². The van der Waals surface area contributed by atoms with Crippen LogP contribution in [0.25, 0.3) is 16.8 Å². The molecule has 2 N–H and O–H groups in total. The van der Waals surface area contributed by atoms with E-state index < -0.39 is 0 Å². The van der Waals surface area contributed by atoms with Crippen LogP contribution < -0.4 is 20.1 Å². The fraction of sp³-hybridized carbons (Fsp3) is 0.412. The van der Waals surface area contributed by atoms with Crippen molar-refractivity contribution < 1.29 is 14.2 Å². The van der Waals surface area contributed by atoms with Gasteiger partial charge < -0.3 is 24.8 Å². The molecule has 0 aromatic carbocycles. The molecule has 0 bridgehead atoms. The lowest BCUT2D eigenvalue weighted by Crippen LogP contribution is -2.37. The van der Waals surface area contributed by atoms with Crippen molar-refractivity contribution in [2.75, 3.05) is 51.2 Å². The largest absolute Gasteiger partial charge is 0.491 e. The van der Waals surface area contributed by atoms with Crippen LogP contribution in [0.5, 0.6) is 11.6 Å². The van der Waals surface area contributed by atoms with Crippen molar-refractivity contribution >= 4 is 17.5 Å². The summed E-state index contributed by atoms with van der Waals surface area (Å²) in [5, 5.41) is 4.50. The van der Waals surface area contributed by atoms with E-state index in [1.807, 2.05) is 13.0 Å². The highest BCUT2D eigenvalue weighted by molar-refractivity contribution is 5.81. The number of morpholine rings is 1. The molecule has 1 aliphatic heterocycles. The zero-order chi connectivity index (χ0) is 19.0. The number of ether oxygens (including phenoxy) is 3. The van der Waals surface area contributed by atoms with Gasteiger partial charge >= 0.3 is 0 Å². The molecule has 1 saturated heterocycles. The third-order valence-corrected chi connectivity index (χ3v) is 4.49. The molecule has 0 radical (unpaired) electrons. The number of pyridine rings is 1. The average molecular weight is 371 g/mol. The molecule has 1 fully saturated rings. The minimum atomic E-state index is 0.282. The standard InChI is InChI=1S/C17H21N7O3/c1-10-13(11-8-12(25-2)15(26-3)19-9-11)14-20-17(21-16(18)24(14)22-10)23-4-6-27-7-5-23/h8-9H,4-7H2,1-3H3,(H2,18,20,21). The van der Waals surface area contributed by atoms with E-state index in [1.54, 1.807) is 24.9 Å². The van der Waals surface area contributed by atoms with E-state index >= 15 is 0 Å². The Morgan fingerprint density at radius 1 is 1.15 bits per heavy atom. The summed E-state index contributed by atoms with van der Waals surface area (Å²) >= 11 is 0. The first-order chi connectivity index (χ1) is 13.1. The van der Waals surface area contributed by atoms with Crippen molar-refractivity contribution in [3.8, 4) is 22.8 Å². The van der Waals surface area contributed by atoms with E-state index in [1.165, 1.54) is 0 Å². The second kappa shape index (κ2) is 6.88. The number of nitrogens with zero attached hydrogens (tertiary/aromatic N) is 6. The van der Waals surface area contributed by atoms with Gasteiger partial charge in [-0.2, -0.15) is 19.6 Å². The van der Waals surface area contributed by atoms with Crippen LogP contribution in [0.2, 0.25) is 0 Å². The third-order valence-electron chi connectivity index (χ3n) is 4.49. The summed E-state index contributed by atoms with van der Waals surface area (Å²) in [7, 11) is 3.12. The summed E-state index contributed by atoms with van der Waals surface area (Å²) in [5.41, 5.74) is 9.18. The number of hydrogen-bond donors (Lipinski definition) is 1. The smallest absolute Gasteiger partial charge is 0.256 e. The van der Waals surface area contributed by atoms with E-state index in [4.69, 9.17) is 24.9 Å². The van der Waals surface area contributed by atoms with Gasteiger partial charge in [-0.25, -0.2) is 4.98 Å². The van der Waals surface area contributed by atoms with Gasteiger partial charge in [-0.15, -0.1) is 0 Å². The lowest BCUT2D eigenvalue weighted by molar-refractivity contribution is 0.122. The molecule has 3 aromatic heterocycles. The van der Waals surface area contributed by atoms with Crippen LogP contribution in [0.4, 0.5) is 11.9 Å². The van der Waals surface area contributed by atoms with Crippen molar-refractivity contribution in [3.63, 3.8) is 0 Å². The molecule has 0 spiro atoms. The van der Waals surface area contributed by atoms with Crippen LogP contribution in [0, 0.1) is 6.92 Å². The minimum Gasteiger partial charge on any atom is -0.491 e. The van der Waals surface area contributed by atoms with Crippen molar-refractivity contribution in [2.24, 2.45) is 0 Å². The molecular formula is C17H21N7O3. The molecule has 0 amide bonds. The lowest BCUT2D eigenvalue weighted by atomic mass is 10.1. The van der Waals surface area contributed by atoms with Gasteiger partial charge in [0.15, 0.2) is 11.4 Å². The predicted molar refractivity (Wildman–Crippen MR) is 99.3 cm³/mol. The lowest BCUT2D eigenvalue weighted by Gasteiger charge is -2.26. The molecule has 142 valence electrons. The van der Waals surface area contributed by atoms with Gasteiger partial charge in [0.05, 0.1) is 38.7 Å². The third kappa shape index (κ3) is 2.97. The molecule has 0 atom stereocenters. The zero-order valence-corrected chi connectivity index (χ0v) is 15.5. The Kier molecular flexibility index (Phi) is 4.40. The van der Waals surface area contributed by atoms with Crippen LogP contribution in [-0.4, -0.2) is 65.1 Å². The van der Waals surface area contributed by atoms with E-state index in [2.05, 4.69) is 20.0 Å². The Hall–Kier alpha value is -3.14. The van der Waals surface area contributed by atoms with E-state index in [9.17, 15) is 0 Å². The van der Waals surface area contributed by atoms with Gasteiger partial charge in [0.25, 0.3) is 5.88 Å². The molecule has 3 aromatic rings. The Balaban J connectivity index is 1.87. The Morgan fingerprint density at radius 2 is 1.93 bits per heavy atom. The number of nitrogens with two attached hydrogens (primary N) is 1. The summed E-state index contributed by atoms with van der Waals surface area (Å²) in [5.74, 6) is 1.80. The maximum absolute atomic E-state index is 6.16. The summed E-state index contributed by atoms with van der Waals surface area (Å²) in [6.45, 7) is 4.61. The van der Waals surface area contributed by atoms with E-state index in [0.29, 0.717) is 36.4 Å². The van der Waals surface area contributed by atoms with Gasteiger partial charge in [0, 0.05) is 24.8 Å². The van der Waals surface area contributed by atoms with Crippen LogP contribution in [-0.2, 0) is 4.74 Å². The number of aromatic nitrogens is 5. The zero-order valence-electron chi connectivity index (χ0n) is 15.5. The van der Waals surface area contributed by atoms with E-state index in [-0.39, 0.29) is 5.95 Å². The van der Waals surface area contributed by atoms with Crippen LogP contribution in [0.1, 0.15) is 5.69 Å². The van der Waals surface area contributed by atoms with Crippen LogP contribution in [0.15, 0.2) is 12.3 Å². The predicted octanol–water partition coefficient (Wildman–Crippen LogP) is 0.931. The molecule has 4 heterocycles. The van der Waals surface area contributed by atoms with Crippen molar-refractivity contribution in [3.05, 3.63) is 18.0 Å². The summed E-state index contributed by atoms with van der Waals surface area (Å²) in [6.07, 6.45) is 1.71. The molecule has 4 rings (SSSR count). The molecule has 0 unspecified atom stereocenters. The van der Waals surface area contributed by atoms with Gasteiger partial charge in [0.1, 0.15) is 0 Å². The summed E-state index contributed by atoms with van der Waals surface area (Å²) in [4.78, 5) is 15.5. The van der Waals surface area contributed by atoms with Crippen LogP contribution >= 0.6 is 0 Å².